The van der Waals surface area contributed by atoms with Crippen molar-refractivity contribution in [3.63, 3.8) is 0 Å². The highest BCUT2D eigenvalue weighted by molar-refractivity contribution is 5.88. The van der Waals surface area contributed by atoms with Crippen LogP contribution in [0.1, 0.15) is 54.5 Å². The maximum absolute atomic E-state index is 13.2. The van der Waals surface area contributed by atoms with Crippen LogP contribution in [-0.2, 0) is 16.1 Å². The summed E-state index contributed by atoms with van der Waals surface area (Å²) in [5.41, 5.74) is 5.37. The lowest BCUT2D eigenvalue weighted by Crippen LogP contribution is -2.49. The Bertz CT molecular complexity index is 890. The summed E-state index contributed by atoms with van der Waals surface area (Å²) < 4.78 is 5.90. The topological polar surface area (TPSA) is 58.6 Å². The van der Waals surface area contributed by atoms with Crippen LogP contribution >= 0.6 is 0 Å². The summed E-state index contributed by atoms with van der Waals surface area (Å²) in [5.74, 6) is 0.356. The van der Waals surface area contributed by atoms with Gasteiger partial charge in [-0.3, -0.25) is 9.59 Å². The second-order valence-electron chi connectivity index (χ2n) is 8.32. The number of benzene rings is 2. The number of nitrogens with one attached hydrogen (secondary N) is 1. The fourth-order valence-electron chi connectivity index (χ4n) is 3.38. The van der Waals surface area contributed by atoms with Crippen LogP contribution in [-0.4, -0.2) is 35.9 Å². The molecule has 0 bridgehead atoms. The molecule has 0 aliphatic carbocycles. The first-order valence-electron chi connectivity index (χ1n) is 11.1. The Balaban J connectivity index is 2.16. The van der Waals surface area contributed by atoms with Crippen molar-refractivity contribution >= 4 is 11.8 Å². The van der Waals surface area contributed by atoms with Gasteiger partial charge in [0.25, 0.3) is 5.91 Å². The molecule has 1 atom stereocenters. The first-order valence-corrected chi connectivity index (χ1v) is 11.1. The van der Waals surface area contributed by atoms with Gasteiger partial charge in [0.2, 0.25) is 5.91 Å². The molecule has 0 radical (unpaired) electrons. The molecule has 5 nitrogen and oxygen atoms in total. The van der Waals surface area contributed by atoms with Gasteiger partial charge >= 0.3 is 0 Å². The van der Waals surface area contributed by atoms with Gasteiger partial charge in [-0.2, -0.15) is 0 Å². The van der Waals surface area contributed by atoms with E-state index in [0.717, 1.165) is 40.7 Å². The molecular weight excluding hydrogens is 388 g/mol. The SMILES string of the molecule is CCCCNC(=O)[C@H](C)N(Cc1ccc(C)cc1)C(=O)COc1cc(C)cc(C)c1C. The van der Waals surface area contributed by atoms with E-state index < -0.39 is 6.04 Å². The van der Waals surface area contributed by atoms with E-state index in [9.17, 15) is 9.59 Å². The van der Waals surface area contributed by atoms with E-state index in [1.54, 1.807) is 11.8 Å². The zero-order chi connectivity index (χ0) is 23.0. The lowest BCUT2D eigenvalue weighted by atomic mass is 10.1. The molecule has 0 aliphatic rings. The highest BCUT2D eigenvalue weighted by atomic mass is 16.5. The van der Waals surface area contributed by atoms with Crippen molar-refractivity contribution in [1.29, 1.82) is 0 Å². The minimum atomic E-state index is -0.588. The second kappa shape index (κ2) is 11.5. The van der Waals surface area contributed by atoms with Crippen LogP contribution in [0, 0.1) is 27.7 Å². The number of carbonyl (C=O) groups is 2. The number of hydrogen-bond acceptors (Lipinski definition) is 3. The molecule has 0 aliphatic heterocycles. The average molecular weight is 425 g/mol. The van der Waals surface area contributed by atoms with E-state index in [1.165, 1.54) is 0 Å². The molecule has 2 amide bonds. The van der Waals surface area contributed by atoms with Crippen LogP contribution in [0.2, 0.25) is 0 Å². The molecule has 2 rings (SSSR count). The predicted molar refractivity (Wildman–Crippen MR) is 125 cm³/mol. The summed E-state index contributed by atoms with van der Waals surface area (Å²) in [5, 5.41) is 2.94. The molecular formula is C26H36N2O3. The van der Waals surface area contributed by atoms with Gasteiger partial charge in [-0.15, -0.1) is 0 Å². The van der Waals surface area contributed by atoms with Crippen molar-refractivity contribution in [2.45, 2.75) is 67.0 Å². The van der Waals surface area contributed by atoms with Crippen molar-refractivity contribution in [1.82, 2.24) is 10.2 Å². The molecule has 31 heavy (non-hydrogen) atoms. The minimum Gasteiger partial charge on any atom is -0.483 e. The second-order valence-corrected chi connectivity index (χ2v) is 8.32. The van der Waals surface area contributed by atoms with Crippen molar-refractivity contribution in [3.05, 3.63) is 64.2 Å². The molecule has 2 aromatic carbocycles. The van der Waals surface area contributed by atoms with Gasteiger partial charge in [-0.25, -0.2) is 0 Å². The fraction of sp³-hybridized carbons (Fsp3) is 0.462. The molecule has 2 aromatic rings. The van der Waals surface area contributed by atoms with E-state index in [1.807, 2.05) is 58.0 Å². The van der Waals surface area contributed by atoms with Crippen LogP contribution < -0.4 is 10.1 Å². The van der Waals surface area contributed by atoms with E-state index >= 15 is 0 Å². The first kappa shape index (κ1) is 24.4. The van der Waals surface area contributed by atoms with Crippen LogP contribution in [0.4, 0.5) is 0 Å². The summed E-state index contributed by atoms with van der Waals surface area (Å²) in [4.78, 5) is 27.4. The Labute approximate surface area is 186 Å². The van der Waals surface area contributed by atoms with Gasteiger partial charge in [0.1, 0.15) is 11.8 Å². The smallest absolute Gasteiger partial charge is 0.261 e. The molecule has 0 spiro atoms. The van der Waals surface area contributed by atoms with Gasteiger partial charge in [0.05, 0.1) is 0 Å². The molecule has 0 heterocycles. The van der Waals surface area contributed by atoms with Crippen LogP contribution in [0.5, 0.6) is 5.75 Å². The zero-order valence-corrected chi connectivity index (χ0v) is 19.7. The Kier molecular flexibility index (Phi) is 9.10. The number of ether oxygens (including phenoxy) is 1. The standard InChI is InChI=1S/C26H36N2O3/c1-7-8-13-27-26(30)22(6)28(16-23-11-9-18(2)10-12-23)25(29)17-31-24-15-19(3)14-20(4)21(24)5/h9-12,14-15,22H,7-8,13,16-17H2,1-6H3,(H,27,30)/t22-/m0/s1. The Morgan fingerprint density at radius 1 is 1.03 bits per heavy atom. The molecule has 0 saturated heterocycles. The zero-order valence-electron chi connectivity index (χ0n) is 19.7. The van der Waals surface area contributed by atoms with Crippen LogP contribution in [0.25, 0.3) is 0 Å². The van der Waals surface area contributed by atoms with Crippen molar-refractivity contribution < 1.29 is 14.3 Å². The van der Waals surface area contributed by atoms with E-state index in [0.29, 0.717) is 18.8 Å². The molecule has 0 fully saturated rings. The van der Waals surface area contributed by atoms with Crippen LogP contribution in [0.15, 0.2) is 36.4 Å². The minimum absolute atomic E-state index is 0.109. The number of hydrogen-bond donors (Lipinski definition) is 1. The number of carbonyl (C=O) groups excluding carboxylic acids is 2. The summed E-state index contributed by atoms with van der Waals surface area (Å²) in [6.07, 6.45) is 1.92. The lowest BCUT2D eigenvalue weighted by molar-refractivity contribution is -0.142. The maximum atomic E-state index is 13.2. The summed E-state index contributed by atoms with van der Waals surface area (Å²) in [6, 6.07) is 11.5. The maximum Gasteiger partial charge on any atom is 0.261 e. The Hall–Kier alpha value is -2.82. The molecule has 0 saturated carbocycles. The predicted octanol–water partition coefficient (Wildman–Crippen LogP) is 4.63. The number of unbranched alkanes of at least 4 members (excludes halogenated alkanes) is 1. The number of aryl methyl sites for hydroxylation is 3. The van der Waals surface area contributed by atoms with Crippen LogP contribution in [0.3, 0.4) is 0 Å². The van der Waals surface area contributed by atoms with Gasteiger partial charge in [-0.05, 0) is 69.4 Å². The highest BCUT2D eigenvalue weighted by Crippen LogP contribution is 2.23. The van der Waals surface area contributed by atoms with Gasteiger partial charge in [0, 0.05) is 13.1 Å². The summed E-state index contributed by atoms with van der Waals surface area (Å²) >= 11 is 0. The number of amides is 2. The van der Waals surface area contributed by atoms with Crippen molar-refractivity contribution in [3.8, 4) is 5.75 Å². The molecule has 0 aromatic heterocycles. The van der Waals surface area contributed by atoms with E-state index in [2.05, 4.69) is 18.3 Å². The summed E-state index contributed by atoms with van der Waals surface area (Å²) in [6.45, 7) is 12.8. The lowest BCUT2D eigenvalue weighted by Gasteiger charge is -2.29. The molecule has 5 heteroatoms. The van der Waals surface area contributed by atoms with Gasteiger partial charge in [-0.1, -0.05) is 49.2 Å². The average Bonchev–Trinajstić information content (AvgIpc) is 2.74. The first-order chi connectivity index (χ1) is 14.7. The van der Waals surface area contributed by atoms with E-state index in [-0.39, 0.29) is 18.4 Å². The normalized spacial score (nSPS) is 11.7. The van der Waals surface area contributed by atoms with Crippen molar-refractivity contribution in [2.24, 2.45) is 0 Å². The van der Waals surface area contributed by atoms with Gasteiger partial charge in [0.15, 0.2) is 6.61 Å². The molecule has 0 unspecified atom stereocenters. The Morgan fingerprint density at radius 3 is 2.35 bits per heavy atom. The van der Waals surface area contributed by atoms with E-state index in [4.69, 9.17) is 4.74 Å². The fourth-order valence-corrected chi connectivity index (χ4v) is 3.38. The van der Waals surface area contributed by atoms with Crippen molar-refractivity contribution in [2.75, 3.05) is 13.2 Å². The quantitative estimate of drug-likeness (QED) is 0.566. The molecule has 168 valence electrons. The third-order valence-electron chi connectivity index (χ3n) is 5.59. The third-order valence-corrected chi connectivity index (χ3v) is 5.59. The van der Waals surface area contributed by atoms with Gasteiger partial charge < -0.3 is 15.0 Å². The summed E-state index contributed by atoms with van der Waals surface area (Å²) in [7, 11) is 0. The highest BCUT2D eigenvalue weighted by Gasteiger charge is 2.26. The Morgan fingerprint density at radius 2 is 1.71 bits per heavy atom. The number of rotatable bonds is 10. The molecule has 1 N–H and O–H groups in total. The number of nitrogens with zero attached hydrogens (tertiary/aromatic N) is 1. The third kappa shape index (κ3) is 7.12. The largest absolute Gasteiger partial charge is 0.483 e. The monoisotopic (exact) mass is 424 g/mol.